The van der Waals surface area contributed by atoms with E-state index in [0.717, 1.165) is 43.1 Å². The van der Waals surface area contributed by atoms with Gasteiger partial charge >= 0.3 is 6.03 Å². The number of sulfonamides is 1. The molecule has 1 heterocycles. The Hall–Kier alpha value is -2.94. The SMILES string of the molecule is Cc1ccc(N2C(=O)N(CC(=O)NC3CCCCC3)c3ccccc3S2(=O)=O)cc1F. The van der Waals surface area contributed by atoms with Gasteiger partial charge in [-0.15, -0.1) is 0 Å². The molecule has 0 atom stereocenters. The number of urea groups is 1. The standard InChI is InChI=1S/C22H24FN3O4S/c1-15-11-12-17(13-18(15)23)26-22(28)25(14-21(27)24-16-7-3-2-4-8-16)19-9-5-6-10-20(19)31(26,29)30/h5-6,9-13,16H,2-4,7-8,14H2,1H3,(H,24,27). The largest absolute Gasteiger partial charge is 0.352 e. The minimum absolute atomic E-state index is 0.0578. The summed E-state index contributed by atoms with van der Waals surface area (Å²) in [5, 5.41) is 2.95. The quantitative estimate of drug-likeness (QED) is 0.777. The Bertz CT molecular complexity index is 1130. The maximum Gasteiger partial charge on any atom is 0.343 e. The van der Waals surface area contributed by atoms with E-state index in [1.54, 1.807) is 19.1 Å². The highest BCUT2D eigenvalue weighted by atomic mass is 32.2. The van der Waals surface area contributed by atoms with Gasteiger partial charge in [0.2, 0.25) is 5.91 Å². The molecule has 31 heavy (non-hydrogen) atoms. The molecule has 1 saturated carbocycles. The Morgan fingerprint density at radius 3 is 2.55 bits per heavy atom. The molecule has 0 spiro atoms. The van der Waals surface area contributed by atoms with E-state index < -0.39 is 21.9 Å². The maximum absolute atomic E-state index is 14.2. The van der Waals surface area contributed by atoms with Gasteiger partial charge in [-0.25, -0.2) is 17.6 Å². The Balaban J connectivity index is 1.70. The number of halogens is 1. The first-order valence-corrected chi connectivity index (χ1v) is 11.7. The number of rotatable bonds is 4. The van der Waals surface area contributed by atoms with Gasteiger partial charge in [0.25, 0.3) is 10.0 Å². The van der Waals surface area contributed by atoms with Crippen molar-refractivity contribution in [3.8, 4) is 0 Å². The summed E-state index contributed by atoms with van der Waals surface area (Å²) in [5.74, 6) is -0.981. The second-order valence-electron chi connectivity index (χ2n) is 7.94. The predicted molar refractivity (Wildman–Crippen MR) is 115 cm³/mol. The fourth-order valence-electron chi connectivity index (χ4n) is 4.09. The van der Waals surface area contributed by atoms with Gasteiger partial charge in [0.05, 0.1) is 11.4 Å². The molecule has 0 radical (unpaired) electrons. The topological polar surface area (TPSA) is 86.8 Å². The van der Waals surface area contributed by atoms with Crippen LogP contribution in [-0.4, -0.2) is 32.9 Å². The van der Waals surface area contributed by atoms with Gasteiger partial charge in [-0.3, -0.25) is 9.69 Å². The van der Waals surface area contributed by atoms with Crippen LogP contribution in [0.25, 0.3) is 0 Å². The average Bonchev–Trinajstić information content (AvgIpc) is 2.74. The van der Waals surface area contributed by atoms with Crippen molar-refractivity contribution in [3.63, 3.8) is 0 Å². The summed E-state index contributed by atoms with van der Waals surface area (Å²) in [5.41, 5.74) is 0.352. The highest BCUT2D eigenvalue weighted by molar-refractivity contribution is 7.94. The normalized spacial score (nSPS) is 18.6. The summed E-state index contributed by atoms with van der Waals surface area (Å²) in [6.45, 7) is 1.22. The molecule has 0 aromatic heterocycles. The molecule has 0 saturated heterocycles. The van der Waals surface area contributed by atoms with Crippen molar-refractivity contribution >= 4 is 33.3 Å². The number of aryl methyl sites for hydroxylation is 1. The number of hydrogen-bond donors (Lipinski definition) is 1. The van der Waals surface area contributed by atoms with Crippen LogP contribution < -0.4 is 14.5 Å². The number of fused-ring (bicyclic) bond motifs is 1. The van der Waals surface area contributed by atoms with E-state index in [-0.39, 0.29) is 34.8 Å². The lowest BCUT2D eigenvalue weighted by Crippen LogP contribution is -2.54. The smallest absolute Gasteiger partial charge is 0.343 e. The molecule has 164 valence electrons. The minimum Gasteiger partial charge on any atom is -0.352 e. The Kier molecular flexibility index (Phi) is 5.70. The molecule has 3 amide bonds. The summed E-state index contributed by atoms with van der Waals surface area (Å²) in [4.78, 5) is 27.0. The molecule has 1 fully saturated rings. The first-order chi connectivity index (χ1) is 14.8. The maximum atomic E-state index is 14.2. The van der Waals surface area contributed by atoms with Gasteiger partial charge in [-0.05, 0) is 49.6 Å². The van der Waals surface area contributed by atoms with Gasteiger partial charge in [0, 0.05) is 6.04 Å². The zero-order valence-electron chi connectivity index (χ0n) is 17.2. The minimum atomic E-state index is -4.27. The van der Waals surface area contributed by atoms with E-state index in [2.05, 4.69) is 5.32 Å². The zero-order valence-corrected chi connectivity index (χ0v) is 18.0. The number of nitrogens with one attached hydrogen (secondary N) is 1. The molecule has 2 aromatic rings. The van der Waals surface area contributed by atoms with Crippen LogP contribution in [0.4, 0.5) is 20.6 Å². The lowest BCUT2D eigenvalue weighted by molar-refractivity contribution is -0.120. The summed E-state index contributed by atoms with van der Waals surface area (Å²) in [6, 6.07) is 8.96. The van der Waals surface area contributed by atoms with E-state index in [0.29, 0.717) is 9.87 Å². The second kappa shape index (κ2) is 8.30. The Morgan fingerprint density at radius 2 is 1.84 bits per heavy atom. The number of amides is 3. The molecule has 1 aliphatic heterocycles. The molecule has 2 aromatic carbocycles. The summed E-state index contributed by atoms with van der Waals surface area (Å²) < 4.78 is 41.2. The van der Waals surface area contributed by atoms with Crippen LogP contribution in [0.2, 0.25) is 0 Å². The van der Waals surface area contributed by atoms with Gasteiger partial charge < -0.3 is 5.32 Å². The van der Waals surface area contributed by atoms with E-state index in [1.807, 2.05) is 0 Å². The third-order valence-electron chi connectivity index (χ3n) is 5.74. The molecule has 0 unspecified atom stereocenters. The van der Waals surface area contributed by atoms with Crippen LogP contribution in [0.3, 0.4) is 0 Å². The van der Waals surface area contributed by atoms with Gasteiger partial charge in [0.1, 0.15) is 17.3 Å². The Labute approximate surface area is 180 Å². The highest BCUT2D eigenvalue weighted by Gasteiger charge is 2.43. The van der Waals surface area contributed by atoms with Crippen LogP contribution in [0.15, 0.2) is 47.4 Å². The fourth-order valence-corrected chi connectivity index (χ4v) is 5.67. The zero-order chi connectivity index (χ0) is 22.2. The molecule has 7 nitrogen and oxygen atoms in total. The van der Waals surface area contributed by atoms with Crippen molar-refractivity contribution in [1.29, 1.82) is 0 Å². The number of carbonyl (C=O) groups excluding carboxylic acids is 2. The van der Waals surface area contributed by atoms with Crippen LogP contribution in [-0.2, 0) is 14.8 Å². The lowest BCUT2D eigenvalue weighted by atomic mass is 9.95. The number of nitrogens with zero attached hydrogens (tertiary/aromatic N) is 2. The Morgan fingerprint density at radius 1 is 1.13 bits per heavy atom. The number of carbonyl (C=O) groups is 2. The third kappa shape index (κ3) is 4.01. The van der Waals surface area contributed by atoms with Crippen LogP contribution in [0, 0.1) is 12.7 Å². The molecule has 0 bridgehead atoms. The van der Waals surface area contributed by atoms with Gasteiger partial charge in [0.15, 0.2) is 0 Å². The van der Waals surface area contributed by atoms with Crippen molar-refractivity contribution in [2.75, 3.05) is 15.7 Å². The van der Waals surface area contributed by atoms with E-state index in [1.165, 1.54) is 24.3 Å². The van der Waals surface area contributed by atoms with Crippen LogP contribution in [0.1, 0.15) is 37.7 Å². The van der Waals surface area contributed by atoms with E-state index >= 15 is 0 Å². The van der Waals surface area contributed by atoms with E-state index in [9.17, 15) is 22.4 Å². The molecule has 2 aliphatic rings. The lowest BCUT2D eigenvalue weighted by Gasteiger charge is -2.36. The molecular formula is C22H24FN3O4S. The predicted octanol–water partition coefficient (Wildman–Crippen LogP) is 3.72. The van der Waals surface area contributed by atoms with Crippen molar-refractivity contribution in [2.45, 2.75) is 50.0 Å². The first-order valence-electron chi connectivity index (χ1n) is 10.3. The van der Waals surface area contributed by atoms with E-state index in [4.69, 9.17) is 0 Å². The molecule has 1 N–H and O–H groups in total. The van der Waals surface area contributed by atoms with Crippen molar-refractivity contribution < 1.29 is 22.4 Å². The molecule has 1 aliphatic carbocycles. The molecule has 9 heteroatoms. The summed E-state index contributed by atoms with van der Waals surface area (Å²) in [6.07, 6.45) is 5.01. The fraction of sp³-hybridized carbons (Fsp3) is 0.364. The van der Waals surface area contributed by atoms with Gasteiger partial charge in [-0.2, -0.15) is 4.31 Å². The van der Waals surface area contributed by atoms with Crippen molar-refractivity contribution in [3.05, 3.63) is 53.8 Å². The molecule has 4 rings (SSSR count). The van der Waals surface area contributed by atoms with Gasteiger partial charge in [-0.1, -0.05) is 37.5 Å². The third-order valence-corrected chi connectivity index (χ3v) is 7.49. The monoisotopic (exact) mass is 445 g/mol. The number of benzene rings is 2. The van der Waals surface area contributed by atoms with Crippen LogP contribution >= 0.6 is 0 Å². The highest BCUT2D eigenvalue weighted by Crippen LogP contribution is 2.37. The number of anilines is 2. The first kappa shape index (κ1) is 21.3. The number of hydrogen-bond acceptors (Lipinski definition) is 4. The average molecular weight is 446 g/mol. The second-order valence-corrected chi connectivity index (χ2v) is 9.70. The van der Waals surface area contributed by atoms with Crippen LogP contribution in [0.5, 0.6) is 0 Å². The summed E-state index contributed by atoms with van der Waals surface area (Å²) in [7, 11) is -4.27. The number of para-hydroxylation sites is 1. The van der Waals surface area contributed by atoms with Crippen molar-refractivity contribution in [2.24, 2.45) is 0 Å². The van der Waals surface area contributed by atoms with Crippen molar-refractivity contribution in [1.82, 2.24) is 5.32 Å². The summed E-state index contributed by atoms with van der Waals surface area (Å²) >= 11 is 0. The molecular weight excluding hydrogens is 421 g/mol.